The van der Waals surface area contributed by atoms with Gasteiger partial charge in [-0.3, -0.25) is 0 Å². The Hall–Kier alpha value is -0.510. The molecule has 3 nitrogen and oxygen atoms in total. The van der Waals surface area contributed by atoms with Crippen molar-refractivity contribution in [1.29, 1.82) is 0 Å². The third kappa shape index (κ3) is 3.86. The van der Waals surface area contributed by atoms with Crippen molar-refractivity contribution in [2.24, 2.45) is 0 Å². The largest absolute Gasteiger partial charge is 0.354 e. The summed E-state index contributed by atoms with van der Waals surface area (Å²) in [6.07, 6.45) is 1.93. The van der Waals surface area contributed by atoms with E-state index in [9.17, 15) is 0 Å². The second kappa shape index (κ2) is 6.88. The standard InChI is InChI=1S/C10H15N3.2ClH/c1-9-2-3-10(12-8-9)13-6-4-11-5-7-13;;/h2-3,8,11H,4-7H2,1H3;2*1H. The van der Waals surface area contributed by atoms with Gasteiger partial charge < -0.3 is 10.2 Å². The number of nitrogens with one attached hydrogen (secondary N) is 1. The van der Waals surface area contributed by atoms with Gasteiger partial charge in [-0.2, -0.15) is 0 Å². The molecule has 0 aromatic carbocycles. The average Bonchev–Trinajstić information content (AvgIpc) is 2.20. The maximum Gasteiger partial charge on any atom is 0.128 e. The first-order chi connectivity index (χ1) is 6.36. The third-order valence-corrected chi connectivity index (χ3v) is 2.34. The molecule has 1 aromatic rings. The minimum absolute atomic E-state index is 0. The van der Waals surface area contributed by atoms with Gasteiger partial charge >= 0.3 is 0 Å². The highest BCUT2D eigenvalue weighted by molar-refractivity contribution is 5.85. The molecule has 15 heavy (non-hydrogen) atoms. The number of hydrogen-bond donors (Lipinski definition) is 1. The Labute approximate surface area is 103 Å². The van der Waals surface area contributed by atoms with Gasteiger partial charge in [0.2, 0.25) is 0 Å². The van der Waals surface area contributed by atoms with E-state index in [1.807, 2.05) is 6.20 Å². The molecule has 1 fully saturated rings. The Morgan fingerprint density at radius 3 is 2.40 bits per heavy atom. The van der Waals surface area contributed by atoms with Crippen molar-refractivity contribution in [2.75, 3.05) is 31.1 Å². The first kappa shape index (κ1) is 14.5. The highest BCUT2D eigenvalue weighted by atomic mass is 35.5. The van der Waals surface area contributed by atoms with Crippen molar-refractivity contribution in [3.05, 3.63) is 23.9 Å². The SMILES string of the molecule is Cc1ccc(N2CCNCC2)nc1.Cl.Cl. The van der Waals surface area contributed by atoms with Crippen molar-refractivity contribution in [3.63, 3.8) is 0 Å². The van der Waals surface area contributed by atoms with Crippen LogP contribution in [0.3, 0.4) is 0 Å². The molecule has 0 radical (unpaired) electrons. The number of nitrogens with zero attached hydrogens (tertiary/aromatic N) is 2. The molecule has 0 aliphatic carbocycles. The molecule has 1 aromatic heterocycles. The zero-order valence-electron chi connectivity index (χ0n) is 8.77. The normalized spacial score (nSPS) is 15.1. The molecule has 0 bridgehead atoms. The topological polar surface area (TPSA) is 28.2 Å². The zero-order chi connectivity index (χ0) is 9.10. The number of pyridine rings is 1. The minimum Gasteiger partial charge on any atom is -0.354 e. The molecule has 0 unspecified atom stereocenters. The van der Waals surface area contributed by atoms with Crippen molar-refractivity contribution < 1.29 is 0 Å². The monoisotopic (exact) mass is 249 g/mol. The first-order valence-electron chi connectivity index (χ1n) is 4.74. The van der Waals surface area contributed by atoms with Crippen LogP contribution in [0.5, 0.6) is 0 Å². The molecule has 0 spiro atoms. The van der Waals surface area contributed by atoms with E-state index in [1.165, 1.54) is 5.56 Å². The van der Waals surface area contributed by atoms with Gasteiger partial charge in [0.15, 0.2) is 0 Å². The van der Waals surface area contributed by atoms with Gasteiger partial charge in [-0.25, -0.2) is 4.98 Å². The molecule has 0 atom stereocenters. The molecular weight excluding hydrogens is 233 g/mol. The number of halogens is 2. The zero-order valence-corrected chi connectivity index (χ0v) is 10.4. The van der Waals surface area contributed by atoms with E-state index in [4.69, 9.17) is 0 Å². The molecule has 2 heterocycles. The van der Waals surface area contributed by atoms with Crippen LogP contribution in [0.1, 0.15) is 5.56 Å². The van der Waals surface area contributed by atoms with E-state index in [1.54, 1.807) is 0 Å². The third-order valence-electron chi connectivity index (χ3n) is 2.34. The van der Waals surface area contributed by atoms with Crippen LogP contribution in [0.15, 0.2) is 18.3 Å². The van der Waals surface area contributed by atoms with Crippen molar-refractivity contribution in [1.82, 2.24) is 10.3 Å². The Morgan fingerprint density at radius 2 is 1.87 bits per heavy atom. The van der Waals surface area contributed by atoms with Crippen LogP contribution in [0.4, 0.5) is 5.82 Å². The molecular formula is C10H17Cl2N3. The second-order valence-electron chi connectivity index (χ2n) is 3.43. The lowest BCUT2D eigenvalue weighted by Gasteiger charge is -2.28. The fraction of sp³-hybridized carbons (Fsp3) is 0.500. The van der Waals surface area contributed by atoms with Crippen LogP contribution >= 0.6 is 24.8 Å². The van der Waals surface area contributed by atoms with Gasteiger partial charge in [-0.05, 0) is 18.6 Å². The average molecular weight is 250 g/mol. The molecule has 1 N–H and O–H groups in total. The van der Waals surface area contributed by atoms with Crippen LogP contribution in [-0.2, 0) is 0 Å². The Kier molecular flexibility index (Phi) is 6.65. The number of anilines is 1. The fourth-order valence-electron chi connectivity index (χ4n) is 1.54. The fourth-order valence-corrected chi connectivity index (χ4v) is 1.54. The van der Waals surface area contributed by atoms with Crippen molar-refractivity contribution in [3.8, 4) is 0 Å². The molecule has 1 saturated heterocycles. The summed E-state index contributed by atoms with van der Waals surface area (Å²) in [7, 11) is 0. The molecule has 0 saturated carbocycles. The first-order valence-corrected chi connectivity index (χ1v) is 4.74. The number of aromatic nitrogens is 1. The highest BCUT2D eigenvalue weighted by Crippen LogP contribution is 2.10. The summed E-state index contributed by atoms with van der Waals surface area (Å²) >= 11 is 0. The molecule has 5 heteroatoms. The summed E-state index contributed by atoms with van der Waals surface area (Å²) in [6, 6.07) is 4.21. The van der Waals surface area contributed by atoms with Crippen LogP contribution in [0.25, 0.3) is 0 Å². The summed E-state index contributed by atoms with van der Waals surface area (Å²) in [5.74, 6) is 1.10. The molecule has 1 aliphatic rings. The summed E-state index contributed by atoms with van der Waals surface area (Å²) in [5, 5.41) is 3.33. The molecule has 0 amide bonds. The van der Waals surface area contributed by atoms with Crippen molar-refractivity contribution in [2.45, 2.75) is 6.92 Å². The molecule has 1 aliphatic heterocycles. The lowest BCUT2D eigenvalue weighted by Crippen LogP contribution is -2.43. The summed E-state index contributed by atoms with van der Waals surface area (Å²) in [6.45, 7) is 6.33. The Balaban J connectivity index is 0.000000980. The second-order valence-corrected chi connectivity index (χ2v) is 3.43. The van der Waals surface area contributed by atoms with Crippen molar-refractivity contribution >= 4 is 30.6 Å². The van der Waals surface area contributed by atoms with E-state index in [2.05, 4.69) is 34.3 Å². The van der Waals surface area contributed by atoms with Crippen LogP contribution in [-0.4, -0.2) is 31.2 Å². The van der Waals surface area contributed by atoms with Gasteiger partial charge in [0.05, 0.1) is 0 Å². The van der Waals surface area contributed by atoms with Gasteiger partial charge in [0.25, 0.3) is 0 Å². The lowest BCUT2D eigenvalue weighted by molar-refractivity contribution is 0.585. The van der Waals surface area contributed by atoms with E-state index >= 15 is 0 Å². The van der Waals surface area contributed by atoms with Gasteiger partial charge in [0, 0.05) is 32.4 Å². The molecule has 86 valence electrons. The van der Waals surface area contributed by atoms with Gasteiger partial charge in [-0.1, -0.05) is 6.07 Å². The quantitative estimate of drug-likeness (QED) is 0.821. The Bertz CT molecular complexity index is 271. The van der Waals surface area contributed by atoms with Crippen LogP contribution < -0.4 is 10.2 Å². The van der Waals surface area contributed by atoms with E-state index in [0.29, 0.717) is 0 Å². The maximum absolute atomic E-state index is 4.40. The summed E-state index contributed by atoms with van der Waals surface area (Å²) < 4.78 is 0. The molecule has 2 rings (SSSR count). The predicted molar refractivity (Wildman–Crippen MR) is 68.6 cm³/mol. The number of piperazine rings is 1. The van der Waals surface area contributed by atoms with E-state index in [0.717, 1.165) is 32.0 Å². The Morgan fingerprint density at radius 1 is 1.20 bits per heavy atom. The van der Waals surface area contributed by atoms with E-state index in [-0.39, 0.29) is 24.8 Å². The highest BCUT2D eigenvalue weighted by Gasteiger charge is 2.10. The maximum atomic E-state index is 4.40. The summed E-state index contributed by atoms with van der Waals surface area (Å²) in [5.41, 5.74) is 1.22. The number of aryl methyl sites for hydroxylation is 1. The lowest BCUT2D eigenvalue weighted by atomic mass is 10.3. The smallest absolute Gasteiger partial charge is 0.128 e. The summed E-state index contributed by atoms with van der Waals surface area (Å²) in [4.78, 5) is 6.72. The minimum atomic E-state index is 0. The van der Waals surface area contributed by atoms with Crippen LogP contribution in [0.2, 0.25) is 0 Å². The number of rotatable bonds is 1. The number of hydrogen-bond acceptors (Lipinski definition) is 3. The van der Waals surface area contributed by atoms with Gasteiger partial charge in [-0.15, -0.1) is 24.8 Å². The van der Waals surface area contributed by atoms with Gasteiger partial charge in [0.1, 0.15) is 5.82 Å². The van der Waals surface area contributed by atoms with E-state index < -0.39 is 0 Å². The predicted octanol–water partition coefficient (Wildman–Crippen LogP) is 1.64. The van der Waals surface area contributed by atoms with Crippen LogP contribution in [0, 0.1) is 6.92 Å².